The van der Waals surface area contributed by atoms with Gasteiger partial charge in [-0.3, -0.25) is 4.98 Å². The van der Waals surface area contributed by atoms with Crippen LogP contribution >= 0.6 is 0 Å². The predicted octanol–water partition coefficient (Wildman–Crippen LogP) is 9.61. The largest absolute Gasteiger partial charge is 0.456 e. The predicted molar refractivity (Wildman–Crippen MR) is 152 cm³/mol. The average Bonchev–Trinajstić information content (AvgIpc) is 3.21. The number of nitrogens with zero attached hydrogens (tertiary/aromatic N) is 1. The second kappa shape index (κ2) is 7.20. The fourth-order valence-electron chi connectivity index (χ4n) is 6.37. The first-order valence-corrected chi connectivity index (χ1v) is 13.0. The third-order valence-electron chi connectivity index (χ3n) is 8.67. The molecule has 2 nitrogen and oxygen atoms in total. The number of hydrogen-bond donors (Lipinski definition) is 0. The molecular formula is C34H31NO. The van der Waals surface area contributed by atoms with Crippen LogP contribution in [0.1, 0.15) is 57.2 Å². The maximum absolute atomic E-state index is 6.49. The molecule has 0 spiro atoms. The zero-order chi connectivity index (χ0) is 24.8. The summed E-state index contributed by atoms with van der Waals surface area (Å²) in [7, 11) is 0. The summed E-state index contributed by atoms with van der Waals surface area (Å²) < 4.78 is 6.49. The molecule has 6 aromatic rings. The van der Waals surface area contributed by atoms with E-state index >= 15 is 0 Å². The molecule has 1 aliphatic carbocycles. The van der Waals surface area contributed by atoms with Crippen LogP contribution in [0.2, 0.25) is 0 Å². The molecule has 36 heavy (non-hydrogen) atoms. The number of fused-ring (bicyclic) bond motifs is 6. The minimum absolute atomic E-state index is 0.160. The molecule has 0 N–H and O–H groups in total. The zero-order valence-corrected chi connectivity index (χ0v) is 21.7. The molecule has 0 unspecified atom stereocenters. The van der Waals surface area contributed by atoms with Crippen LogP contribution in [0, 0.1) is 6.92 Å². The molecule has 4 aromatic carbocycles. The summed E-state index contributed by atoms with van der Waals surface area (Å²) in [6, 6.07) is 24.4. The molecule has 0 saturated carbocycles. The Morgan fingerprint density at radius 3 is 2.14 bits per heavy atom. The first kappa shape index (κ1) is 21.6. The van der Waals surface area contributed by atoms with Crippen LogP contribution in [0.5, 0.6) is 0 Å². The van der Waals surface area contributed by atoms with E-state index in [9.17, 15) is 0 Å². The second-order valence-electron chi connectivity index (χ2n) is 12.0. The first-order valence-electron chi connectivity index (χ1n) is 13.0. The number of aryl methyl sites for hydroxylation is 1. The van der Waals surface area contributed by atoms with E-state index in [-0.39, 0.29) is 10.8 Å². The van der Waals surface area contributed by atoms with Crippen molar-refractivity contribution in [3.8, 4) is 11.3 Å². The van der Waals surface area contributed by atoms with Crippen molar-refractivity contribution >= 4 is 43.5 Å². The van der Waals surface area contributed by atoms with Crippen LogP contribution in [-0.4, -0.2) is 4.98 Å². The fourth-order valence-corrected chi connectivity index (χ4v) is 6.37. The van der Waals surface area contributed by atoms with E-state index in [0.29, 0.717) is 0 Å². The first-order chi connectivity index (χ1) is 17.2. The summed E-state index contributed by atoms with van der Waals surface area (Å²) >= 11 is 0. The highest BCUT2D eigenvalue weighted by molar-refractivity contribution is 6.12. The smallest absolute Gasteiger partial charge is 0.136 e. The van der Waals surface area contributed by atoms with Crippen molar-refractivity contribution in [2.75, 3.05) is 0 Å². The van der Waals surface area contributed by atoms with E-state index in [1.165, 1.54) is 56.5 Å². The summed E-state index contributed by atoms with van der Waals surface area (Å²) in [6.45, 7) is 11.7. The van der Waals surface area contributed by atoms with E-state index in [0.717, 1.165) is 27.8 Å². The van der Waals surface area contributed by atoms with Gasteiger partial charge >= 0.3 is 0 Å². The van der Waals surface area contributed by atoms with Gasteiger partial charge in [0, 0.05) is 27.9 Å². The van der Waals surface area contributed by atoms with Gasteiger partial charge in [-0.15, -0.1) is 0 Å². The van der Waals surface area contributed by atoms with Gasteiger partial charge in [0.25, 0.3) is 0 Å². The van der Waals surface area contributed by atoms with E-state index in [1.807, 2.05) is 6.20 Å². The summed E-state index contributed by atoms with van der Waals surface area (Å²) in [4.78, 5) is 4.88. The summed E-state index contributed by atoms with van der Waals surface area (Å²) in [5.74, 6) is 0. The molecule has 0 amide bonds. The van der Waals surface area contributed by atoms with Gasteiger partial charge < -0.3 is 4.42 Å². The van der Waals surface area contributed by atoms with Gasteiger partial charge in [0.1, 0.15) is 11.2 Å². The van der Waals surface area contributed by atoms with Crippen molar-refractivity contribution in [2.24, 2.45) is 0 Å². The van der Waals surface area contributed by atoms with E-state index in [1.54, 1.807) is 0 Å². The third kappa shape index (κ3) is 3.07. The highest BCUT2D eigenvalue weighted by Gasteiger charge is 2.37. The molecule has 0 fully saturated rings. The SMILES string of the molecule is Cc1cc(-c2nccc3cc4oc5cc6c(cc5c4cc23)C(C)(C)CCC6(C)C)cc2ccccc12. The van der Waals surface area contributed by atoms with Crippen molar-refractivity contribution in [3.63, 3.8) is 0 Å². The molecule has 2 aromatic heterocycles. The molecule has 0 aliphatic heterocycles. The fraction of sp³-hybridized carbons (Fsp3) is 0.265. The minimum Gasteiger partial charge on any atom is -0.456 e. The lowest BCUT2D eigenvalue weighted by Gasteiger charge is -2.41. The Morgan fingerprint density at radius 2 is 1.33 bits per heavy atom. The molecule has 2 heterocycles. The standard InChI is InChI=1S/C34H31NO/c1-20-14-23(15-21-8-6-7-9-24(20)21)32-25-17-26-27-18-28-29(34(4,5)12-11-33(28,2)3)19-31(27)36-30(26)16-22(25)10-13-35-32/h6-10,13-19H,11-12H2,1-5H3. The highest BCUT2D eigenvalue weighted by Crippen LogP contribution is 2.48. The molecular weight excluding hydrogens is 438 g/mol. The lowest BCUT2D eigenvalue weighted by Crippen LogP contribution is -2.33. The Bertz CT molecular complexity index is 1850. The maximum atomic E-state index is 6.49. The quantitative estimate of drug-likeness (QED) is 0.239. The van der Waals surface area contributed by atoms with Gasteiger partial charge in [0.2, 0.25) is 0 Å². The Hall–Kier alpha value is -3.65. The molecule has 0 bridgehead atoms. The summed E-state index contributed by atoms with van der Waals surface area (Å²) in [5, 5.41) is 7.24. The van der Waals surface area contributed by atoms with Gasteiger partial charge in [-0.1, -0.05) is 52.0 Å². The number of aromatic nitrogens is 1. The maximum Gasteiger partial charge on any atom is 0.136 e. The van der Waals surface area contributed by atoms with Crippen molar-refractivity contribution < 1.29 is 4.42 Å². The number of rotatable bonds is 1. The molecule has 0 atom stereocenters. The van der Waals surface area contributed by atoms with E-state index < -0.39 is 0 Å². The van der Waals surface area contributed by atoms with Crippen LogP contribution in [-0.2, 0) is 10.8 Å². The molecule has 1 aliphatic rings. The number of pyridine rings is 1. The zero-order valence-electron chi connectivity index (χ0n) is 21.7. The van der Waals surface area contributed by atoms with Crippen LogP contribution < -0.4 is 0 Å². The Morgan fingerprint density at radius 1 is 0.667 bits per heavy atom. The monoisotopic (exact) mass is 469 g/mol. The highest BCUT2D eigenvalue weighted by atomic mass is 16.3. The number of furan rings is 1. The van der Waals surface area contributed by atoms with Gasteiger partial charge in [0.15, 0.2) is 0 Å². The molecule has 0 radical (unpaired) electrons. The van der Waals surface area contributed by atoms with E-state index in [4.69, 9.17) is 9.40 Å². The summed E-state index contributed by atoms with van der Waals surface area (Å²) in [5.41, 5.74) is 8.61. The second-order valence-corrected chi connectivity index (χ2v) is 12.0. The Balaban J connectivity index is 1.52. The van der Waals surface area contributed by atoms with E-state index in [2.05, 4.69) is 101 Å². The van der Waals surface area contributed by atoms with Crippen LogP contribution in [0.25, 0.3) is 54.7 Å². The van der Waals surface area contributed by atoms with Gasteiger partial charge in [-0.2, -0.15) is 0 Å². The summed E-state index contributed by atoms with van der Waals surface area (Å²) in [6.07, 6.45) is 4.32. The third-order valence-corrected chi connectivity index (χ3v) is 8.67. The Labute approximate surface area is 212 Å². The van der Waals surface area contributed by atoms with Gasteiger partial charge in [0.05, 0.1) is 5.69 Å². The molecule has 0 saturated heterocycles. The van der Waals surface area contributed by atoms with Gasteiger partial charge in [-0.25, -0.2) is 0 Å². The van der Waals surface area contributed by atoms with Crippen LogP contribution in [0.15, 0.2) is 77.3 Å². The van der Waals surface area contributed by atoms with Crippen LogP contribution in [0.4, 0.5) is 0 Å². The average molecular weight is 470 g/mol. The van der Waals surface area contributed by atoms with Gasteiger partial charge in [-0.05, 0) is 106 Å². The number of benzene rings is 4. The van der Waals surface area contributed by atoms with Crippen molar-refractivity contribution in [1.29, 1.82) is 0 Å². The topological polar surface area (TPSA) is 26.0 Å². The normalized spacial score (nSPS) is 16.7. The lowest BCUT2D eigenvalue weighted by molar-refractivity contribution is 0.332. The molecule has 2 heteroatoms. The van der Waals surface area contributed by atoms with Crippen molar-refractivity contribution in [1.82, 2.24) is 4.98 Å². The lowest BCUT2D eigenvalue weighted by atomic mass is 9.63. The van der Waals surface area contributed by atoms with Crippen molar-refractivity contribution in [3.05, 3.63) is 89.6 Å². The number of hydrogen-bond acceptors (Lipinski definition) is 2. The Kier molecular flexibility index (Phi) is 4.32. The molecule has 178 valence electrons. The van der Waals surface area contributed by atoms with Crippen LogP contribution in [0.3, 0.4) is 0 Å². The molecule has 7 rings (SSSR count). The van der Waals surface area contributed by atoms with Crippen molar-refractivity contribution in [2.45, 2.75) is 58.3 Å². The minimum atomic E-state index is 0.160.